The van der Waals surface area contributed by atoms with Crippen LogP contribution in [0.15, 0.2) is 22.6 Å². The lowest BCUT2D eigenvalue weighted by atomic mass is 9.76. The zero-order chi connectivity index (χ0) is 14.2. The van der Waals surface area contributed by atoms with E-state index < -0.39 is 11.4 Å². The first-order valence-corrected chi connectivity index (χ1v) is 6.43. The summed E-state index contributed by atoms with van der Waals surface area (Å²) < 4.78 is 5.67. The van der Waals surface area contributed by atoms with Crippen LogP contribution < -0.4 is 0 Å². The quantitative estimate of drug-likeness (QED) is 0.915. The van der Waals surface area contributed by atoms with Crippen LogP contribution in [-0.4, -0.2) is 16.1 Å². The van der Waals surface area contributed by atoms with Crippen LogP contribution in [0.2, 0.25) is 0 Å². The molecule has 102 valence electrons. The van der Waals surface area contributed by atoms with E-state index >= 15 is 0 Å². The van der Waals surface area contributed by atoms with E-state index in [1.165, 1.54) is 0 Å². The van der Waals surface area contributed by atoms with Gasteiger partial charge in [0.2, 0.25) is 0 Å². The summed E-state index contributed by atoms with van der Waals surface area (Å²) in [5.74, 6) is -0.328. The lowest BCUT2D eigenvalue weighted by Crippen LogP contribution is -2.35. The lowest BCUT2D eigenvalue weighted by molar-refractivity contribution is -0.150. The van der Waals surface area contributed by atoms with Crippen molar-refractivity contribution in [3.05, 3.63) is 29.7 Å². The molecule has 0 aliphatic rings. The highest BCUT2D eigenvalue weighted by Crippen LogP contribution is 2.32. The molecule has 2 rings (SSSR count). The van der Waals surface area contributed by atoms with Gasteiger partial charge in [-0.3, -0.25) is 4.79 Å². The number of oxazole rings is 1. The van der Waals surface area contributed by atoms with Gasteiger partial charge in [-0.25, -0.2) is 4.98 Å². The largest absolute Gasteiger partial charge is 0.481 e. The van der Waals surface area contributed by atoms with Crippen molar-refractivity contribution in [1.82, 2.24) is 4.98 Å². The first-order chi connectivity index (χ1) is 8.84. The van der Waals surface area contributed by atoms with Gasteiger partial charge in [0.05, 0.1) is 5.41 Å². The third-order valence-electron chi connectivity index (χ3n) is 3.95. The van der Waals surface area contributed by atoms with Gasteiger partial charge >= 0.3 is 5.97 Å². The fraction of sp³-hybridized carbons (Fsp3) is 0.467. The van der Waals surface area contributed by atoms with Crippen LogP contribution in [0, 0.1) is 18.3 Å². The number of aryl methyl sites for hydroxylation is 1. The van der Waals surface area contributed by atoms with E-state index in [-0.39, 0.29) is 5.92 Å². The molecule has 0 saturated heterocycles. The van der Waals surface area contributed by atoms with E-state index in [9.17, 15) is 9.90 Å². The van der Waals surface area contributed by atoms with Crippen LogP contribution in [0.5, 0.6) is 0 Å². The van der Waals surface area contributed by atoms with Crippen molar-refractivity contribution in [2.45, 2.75) is 34.1 Å². The molecule has 1 heterocycles. The summed E-state index contributed by atoms with van der Waals surface area (Å²) in [6, 6.07) is 5.73. The van der Waals surface area contributed by atoms with Crippen LogP contribution >= 0.6 is 0 Å². The molecule has 0 spiro atoms. The molecule has 19 heavy (non-hydrogen) atoms. The number of hydrogen-bond donors (Lipinski definition) is 1. The standard InChI is InChI=1S/C15H19NO3/c1-9(2)15(4,14(17)18)8-12-16-13-10(3)6-5-7-11(13)19-12/h5-7,9H,8H2,1-4H3,(H,17,18). The van der Waals surface area contributed by atoms with Gasteiger partial charge in [0.1, 0.15) is 5.52 Å². The first kappa shape index (κ1) is 13.6. The number of benzene rings is 1. The molecule has 0 radical (unpaired) electrons. The molecule has 0 bridgehead atoms. The molecular formula is C15H19NO3. The van der Waals surface area contributed by atoms with Gasteiger partial charge in [0.15, 0.2) is 11.5 Å². The Hall–Kier alpha value is -1.84. The molecule has 0 aliphatic heterocycles. The molecule has 0 saturated carbocycles. The van der Waals surface area contributed by atoms with Gasteiger partial charge in [0, 0.05) is 6.42 Å². The Bertz CT molecular complexity index is 615. The zero-order valence-corrected chi connectivity index (χ0v) is 11.7. The number of hydrogen-bond acceptors (Lipinski definition) is 3. The number of aromatic nitrogens is 1. The number of fused-ring (bicyclic) bond motifs is 1. The van der Waals surface area contributed by atoms with Crippen molar-refractivity contribution < 1.29 is 14.3 Å². The number of nitrogens with zero attached hydrogens (tertiary/aromatic N) is 1. The number of carboxylic acid groups (broad SMARTS) is 1. The highest BCUT2D eigenvalue weighted by Gasteiger charge is 2.38. The predicted octanol–water partition coefficient (Wildman–Crippen LogP) is 3.43. The molecule has 0 aliphatic carbocycles. The number of carbonyl (C=O) groups is 1. The van der Waals surface area contributed by atoms with Crippen molar-refractivity contribution >= 4 is 17.1 Å². The predicted molar refractivity (Wildman–Crippen MR) is 73.0 cm³/mol. The minimum absolute atomic E-state index is 0.00103. The number of para-hydroxylation sites is 1. The Balaban J connectivity index is 2.40. The maximum atomic E-state index is 11.5. The molecule has 0 fully saturated rings. The fourth-order valence-corrected chi connectivity index (χ4v) is 2.05. The van der Waals surface area contributed by atoms with Crippen molar-refractivity contribution in [2.24, 2.45) is 11.3 Å². The van der Waals surface area contributed by atoms with E-state index in [2.05, 4.69) is 4.98 Å². The number of aliphatic carboxylic acids is 1. The minimum atomic E-state index is -0.866. The first-order valence-electron chi connectivity index (χ1n) is 6.43. The van der Waals surface area contributed by atoms with Crippen LogP contribution in [0.25, 0.3) is 11.1 Å². The van der Waals surface area contributed by atoms with Crippen molar-refractivity contribution in [1.29, 1.82) is 0 Å². The molecule has 2 aromatic rings. The fourth-order valence-electron chi connectivity index (χ4n) is 2.05. The van der Waals surface area contributed by atoms with E-state index in [0.29, 0.717) is 17.9 Å². The molecule has 1 unspecified atom stereocenters. The van der Waals surface area contributed by atoms with E-state index in [4.69, 9.17) is 4.42 Å². The van der Waals surface area contributed by atoms with Crippen molar-refractivity contribution in [3.8, 4) is 0 Å². The van der Waals surface area contributed by atoms with Crippen LogP contribution in [0.1, 0.15) is 32.2 Å². The lowest BCUT2D eigenvalue weighted by Gasteiger charge is -2.27. The Kier molecular flexibility index (Phi) is 3.35. The zero-order valence-electron chi connectivity index (χ0n) is 11.7. The Morgan fingerprint density at radius 3 is 2.68 bits per heavy atom. The van der Waals surface area contributed by atoms with E-state index in [0.717, 1.165) is 11.1 Å². The second kappa shape index (κ2) is 4.68. The third kappa shape index (κ3) is 2.35. The topological polar surface area (TPSA) is 63.3 Å². The maximum absolute atomic E-state index is 11.5. The number of carboxylic acids is 1. The van der Waals surface area contributed by atoms with Crippen molar-refractivity contribution in [3.63, 3.8) is 0 Å². The Morgan fingerprint density at radius 1 is 1.47 bits per heavy atom. The van der Waals surface area contributed by atoms with Gasteiger partial charge in [-0.15, -0.1) is 0 Å². The van der Waals surface area contributed by atoms with Gasteiger partial charge in [-0.05, 0) is 31.4 Å². The van der Waals surface area contributed by atoms with Gasteiger partial charge < -0.3 is 9.52 Å². The van der Waals surface area contributed by atoms with Gasteiger partial charge in [0.25, 0.3) is 0 Å². The average molecular weight is 261 g/mol. The molecule has 4 nitrogen and oxygen atoms in total. The second-order valence-electron chi connectivity index (χ2n) is 5.58. The summed E-state index contributed by atoms with van der Waals surface area (Å²) in [6.07, 6.45) is 0.300. The Labute approximate surface area is 112 Å². The van der Waals surface area contributed by atoms with Gasteiger partial charge in [-0.1, -0.05) is 26.0 Å². The highest BCUT2D eigenvalue weighted by molar-refractivity contribution is 5.77. The monoisotopic (exact) mass is 261 g/mol. The van der Waals surface area contributed by atoms with Gasteiger partial charge in [-0.2, -0.15) is 0 Å². The SMILES string of the molecule is Cc1cccc2oc(CC(C)(C(=O)O)C(C)C)nc12. The maximum Gasteiger partial charge on any atom is 0.310 e. The number of rotatable bonds is 4. The molecular weight excluding hydrogens is 242 g/mol. The minimum Gasteiger partial charge on any atom is -0.481 e. The van der Waals surface area contributed by atoms with E-state index in [1.807, 2.05) is 39.0 Å². The van der Waals surface area contributed by atoms with Crippen LogP contribution in [0.3, 0.4) is 0 Å². The summed E-state index contributed by atoms with van der Waals surface area (Å²) in [7, 11) is 0. The van der Waals surface area contributed by atoms with Crippen molar-refractivity contribution in [2.75, 3.05) is 0 Å². The average Bonchev–Trinajstić information content (AvgIpc) is 2.72. The Morgan fingerprint density at radius 2 is 2.16 bits per heavy atom. The normalized spacial score (nSPS) is 14.8. The highest BCUT2D eigenvalue weighted by atomic mass is 16.4. The summed E-state index contributed by atoms with van der Waals surface area (Å²) in [4.78, 5) is 15.9. The molecule has 1 aromatic heterocycles. The summed E-state index contributed by atoms with van der Waals surface area (Å²) in [5.41, 5.74) is 1.70. The van der Waals surface area contributed by atoms with E-state index in [1.54, 1.807) is 6.92 Å². The molecule has 1 atom stereocenters. The molecule has 1 N–H and O–H groups in total. The second-order valence-corrected chi connectivity index (χ2v) is 5.58. The smallest absolute Gasteiger partial charge is 0.310 e. The molecule has 0 amide bonds. The summed E-state index contributed by atoms with van der Waals surface area (Å²) in [6.45, 7) is 7.51. The summed E-state index contributed by atoms with van der Waals surface area (Å²) >= 11 is 0. The van der Waals surface area contributed by atoms with Crippen LogP contribution in [0.4, 0.5) is 0 Å². The molecule has 1 aromatic carbocycles. The van der Waals surface area contributed by atoms with Crippen LogP contribution in [-0.2, 0) is 11.2 Å². The molecule has 4 heteroatoms. The third-order valence-corrected chi connectivity index (χ3v) is 3.95. The summed E-state index contributed by atoms with van der Waals surface area (Å²) in [5, 5.41) is 9.42.